The highest BCUT2D eigenvalue weighted by Crippen LogP contribution is 2.26. The van der Waals surface area contributed by atoms with Gasteiger partial charge in [0.05, 0.1) is 16.6 Å². The lowest BCUT2D eigenvalue weighted by molar-refractivity contribution is -0.384. The fourth-order valence-corrected chi connectivity index (χ4v) is 1.65. The number of nitrogens with zero attached hydrogens (tertiary/aromatic N) is 2. The topological polar surface area (TPSA) is 79.0 Å². The Labute approximate surface area is 100 Å². The van der Waals surface area contributed by atoms with Crippen molar-refractivity contribution in [1.82, 2.24) is 0 Å². The van der Waals surface area contributed by atoms with Crippen molar-refractivity contribution in [3.05, 3.63) is 33.9 Å². The third-order valence-electron chi connectivity index (χ3n) is 2.45. The molecule has 0 aliphatic rings. The molecule has 17 heavy (non-hydrogen) atoms. The zero-order valence-electron chi connectivity index (χ0n) is 9.93. The molecule has 0 aliphatic carbocycles. The Kier molecular flexibility index (Phi) is 4.46. The first-order valence-corrected chi connectivity index (χ1v) is 5.53. The van der Waals surface area contributed by atoms with Crippen molar-refractivity contribution in [3.8, 4) is 6.07 Å². The van der Waals surface area contributed by atoms with Crippen LogP contribution in [0.1, 0.15) is 32.3 Å². The molecule has 0 radical (unpaired) electrons. The molecule has 1 N–H and O–H groups in total. The summed E-state index contributed by atoms with van der Waals surface area (Å²) in [5, 5.41) is 22.7. The zero-order valence-corrected chi connectivity index (χ0v) is 9.93. The fourth-order valence-electron chi connectivity index (χ4n) is 1.65. The normalized spacial score (nSPS) is 11.6. The van der Waals surface area contributed by atoms with Gasteiger partial charge in [0.25, 0.3) is 5.69 Å². The number of nitro groups is 1. The highest BCUT2D eigenvalue weighted by atomic mass is 16.6. The van der Waals surface area contributed by atoms with Crippen LogP contribution in [-0.2, 0) is 0 Å². The minimum absolute atomic E-state index is 0.00644. The standard InChI is InChI=1S/C12H15N3O2/c1-3-4-9(2)14-11-7-10(8-13)5-6-12(11)15(16)17/h5-7,9,14H,3-4H2,1-2H3. The van der Waals surface area contributed by atoms with Crippen molar-refractivity contribution >= 4 is 11.4 Å². The van der Waals surface area contributed by atoms with Crippen LogP contribution < -0.4 is 5.32 Å². The van der Waals surface area contributed by atoms with Crippen LogP contribution >= 0.6 is 0 Å². The number of nitriles is 1. The average molecular weight is 233 g/mol. The summed E-state index contributed by atoms with van der Waals surface area (Å²) in [6.45, 7) is 4.02. The summed E-state index contributed by atoms with van der Waals surface area (Å²) in [6, 6.07) is 6.45. The van der Waals surface area contributed by atoms with Crippen molar-refractivity contribution < 1.29 is 4.92 Å². The summed E-state index contributed by atoms with van der Waals surface area (Å²) in [7, 11) is 0. The third-order valence-corrected chi connectivity index (χ3v) is 2.45. The lowest BCUT2D eigenvalue weighted by Gasteiger charge is -2.14. The number of nitro benzene ring substituents is 1. The van der Waals surface area contributed by atoms with E-state index in [0.717, 1.165) is 12.8 Å². The van der Waals surface area contributed by atoms with E-state index in [4.69, 9.17) is 5.26 Å². The van der Waals surface area contributed by atoms with E-state index >= 15 is 0 Å². The van der Waals surface area contributed by atoms with Crippen LogP contribution in [-0.4, -0.2) is 11.0 Å². The molecule has 90 valence electrons. The van der Waals surface area contributed by atoms with Gasteiger partial charge >= 0.3 is 0 Å². The smallest absolute Gasteiger partial charge is 0.292 e. The molecule has 1 unspecified atom stereocenters. The lowest BCUT2D eigenvalue weighted by atomic mass is 10.1. The van der Waals surface area contributed by atoms with Crippen molar-refractivity contribution in [2.24, 2.45) is 0 Å². The van der Waals surface area contributed by atoms with Crippen LogP contribution in [0, 0.1) is 21.4 Å². The first-order valence-electron chi connectivity index (χ1n) is 5.53. The van der Waals surface area contributed by atoms with Gasteiger partial charge in [0, 0.05) is 12.1 Å². The quantitative estimate of drug-likeness (QED) is 0.626. The summed E-state index contributed by atoms with van der Waals surface area (Å²) < 4.78 is 0. The molecular formula is C12H15N3O2. The van der Waals surface area contributed by atoms with Crippen LogP contribution in [0.2, 0.25) is 0 Å². The molecule has 5 heteroatoms. The van der Waals surface area contributed by atoms with Gasteiger partial charge in [-0.15, -0.1) is 0 Å². The molecule has 0 fully saturated rings. The minimum atomic E-state index is -0.442. The summed E-state index contributed by atoms with van der Waals surface area (Å²) in [5.41, 5.74) is 0.837. The fraction of sp³-hybridized carbons (Fsp3) is 0.417. The van der Waals surface area contributed by atoms with Crippen molar-refractivity contribution in [2.75, 3.05) is 5.32 Å². The highest BCUT2D eigenvalue weighted by Gasteiger charge is 2.15. The highest BCUT2D eigenvalue weighted by molar-refractivity contribution is 5.64. The summed E-state index contributed by atoms with van der Waals surface area (Å²) in [5.74, 6) is 0. The van der Waals surface area contributed by atoms with E-state index in [-0.39, 0.29) is 11.7 Å². The van der Waals surface area contributed by atoms with Gasteiger partial charge in [-0.3, -0.25) is 10.1 Å². The molecule has 1 atom stereocenters. The molecule has 1 aromatic carbocycles. The summed E-state index contributed by atoms with van der Waals surface area (Å²) in [6.07, 6.45) is 1.92. The van der Waals surface area contributed by atoms with Gasteiger partial charge in [-0.2, -0.15) is 5.26 Å². The second-order valence-electron chi connectivity index (χ2n) is 3.93. The Morgan fingerprint density at radius 2 is 2.29 bits per heavy atom. The Hall–Kier alpha value is -2.09. The first-order chi connectivity index (χ1) is 8.08. The molecule has 0 aromatic heterocycles. The molecule has 5 nitrogen and oxygen atoms in total. The summed E-state index contributed by atoms with van der Waals surface area (Å²) >= 11 is 0. The van der Waals surface area contributed by atoms with Gasteiger partial charge in [-0.05, 0) is 25.5 Å². The zero-order chi connectivity index (χ0) is 12.8. The van der Waals surface area contributed by atoms with Gasteiger partial charge in [-0.25, -0.2) is 0 Å². The maximum absolute atomic E-state index is 10.8. The molecule has 0 amide bonds. The number of hydrogen-bond acceptors (Lipinski definition) is 4. The number of benzene rings is 1. The minimum Gasteiger partial charge on any atom is -0.377 e. The van der Waals surface area contributed by atoms with E-state index < -0.39 is 4.92 Å². The van der Waals surface area contributed by atoms with Crippen molar-refractivity contribution in [1.29, 1.82) is 5.26 Å². The van der Waals surface area contributed by atoms with E-state index in [1.807, 2.05) is 13.0 Å². The van der Waals surface area contributed by atoms with Crippen LogP contribution in [0.15, 0.2) is 18.2 Å². The van der Waals surface area contributed by atoms with Gasteiger partial charge in [0.15, 0.2) is 0 Å². The largest absolute Gasteiger partial charge is 0.377 e. The van der Waals surface area contributed by atoms with Crippen LogP contribution in [0.5, 0.6) is 0 Å². The Balaban J connectivity index is 3.01. The molecule has 0 saturated heterocycles. The number of rotatable bonds is 5. The third kappa shape index (κ3) is 3.45. The molecule has 0 aliphatic heterocycles. The van der Waals surface area contributed by atoms with Crippen LogP contribution in [0.3, 0.4) is 0 Å². The Morgan fingerprint density at radius 3 is 2.82 bits per heavy atom. The predicted molar refractivity (Wildman–Crippen MR) is 65.8 cm³/mol. The van der Waals surface area contributed by atoms with Crippen LogP contribution in [0.25, 0.3) is 0 Å². The number of hydrogen-bond donors (Lipinski definition) is 1. The molecule has 1 aromatic rings. The molecule has 0 saturated carbocycles. The molecule has 0 spiro atoms. The van der Waals surface area contributed by atoms with Gasteiger partial charge in [0.1, 0.15) is 5.69 Å². The maximum atomic E-state index is 10.8. The lowest BCUT2D eigenvalue weighted by Crippen LogP contribution is -2.15. The predicted octanol–water partition coefficient (Wildman–Crippen LogP) is 3.07. The second-order valence-corrected chi connectivity index (χ2v) is 3.93. The number of anilines is 1. The van der Waals surface area contributed by atoms with Gasteiger partial charge < -0.3 is 5.32 Å². The Bertz CT molecular complexity index is 452. The SMILES string of the molecule is CCCC(C)Nc1cc(C#N)ccc1[N+](=O)[O-]. The molecule has 1 rings (SSSR count). The van der Waals surface area contributed by atoms with Crippen molar-refractivity contribution in [2.45, 2.75) is 32.7 Å². The van der Waals surface area contributed by atoms with E-state index in [1.54, 1.807) is 0 Å². The molecule has 0 heterocycles. The van der Waals surface area contributed by atoms with E-state index in [9.17, 15) is 10.1 Å². The van der Waals surface area contributed by atoms with Gasteiger partial charge in [-0.1, -0.05) is 13.3 Å². The van der Waals surface area contributed by atoms with Crippen molar-refractivity contribution in [3.63, 3.8) is 0 Å². The number of nitrogens with one attached hydrogen (secondary N) is 1. The first kappa shape index (κ1) is 13.0. The van der Waals surface area contributed by atoms with Gasteiger partial charge in [0.2, 0.25) is 0 Å². The molecule has 0 bridgehead atoms. The second kappa shape index (κ2) is 5.85. The summed E-state index contributed by atoms with van der Waals surface area (Å²) in [4.78, 5) is 10.4. The maximum Gasteiger partial charge on any atom is 0.292 e. The van der Waals surface area contributed by atoms with Crippen LogP contribution in [0.4, 0.5) is 11.4 Å². The average Bonchev–Trinajstić information content (AvgIpc) is 2.28. The molecular weight excluding hydrogens is 218 g/mol. The van der Waals surface area contributed by atoms with E-state index in [1.165, 1.54) is 18.2 Å². The van der Waals surface area contributed by atoms with E-state index in [2.05, 4.69) is 12.2 Å². The Morgan fingerprint density at radius 1 is 1.59 bits per heavy atom. The monoisotopic (exact) mass is 233 g/mol. The van der Waals surface area contributed by atoms with E-state index in [0.29, 0.717) is 11.3 Å².